The number of nitrogens with zero attached hydrogens (tertiary/aromatic N) is 1. The highest BCUT2D eigenvalue weighted by atomic mass is 32.2. The van der Waals surface area contributed by atoms with Crippen LogP contribution >= 0.6 is 0 Å². The summed E-state index contributed by atoms with van der Waals surface area (Å²) in [6.07, 6.45) is 0. The lowest BCUT2D eigenvalue weighted by molar-refractivity contribution is -0.384. The summed E-state index contributed by atoms with van der Waals surface area (Å²) in [6.45, 7) is -6.30. The molecular formula is C28H16BF8NO4S. The van der Waals surface area contributed by atoms with Crippen molar-refractivity contribution in [2.75, 3.05) is 5.75 Å². The number of nitro benzene ring substituents is 1. The van der Waals surface area contributed by atoms with E-state index in [0.29, 0.717) is 10.5 Å². The first kappa shape index (κ1) is 32.7. The summed E-state index contributed by atoms with van der Waals surface area (Å²) in [5, 5.41) is 13.6. The molecule has 0 aromatic heterocycles. The summed E-state index contributed by atoms with van der Waals surface area (Å²) in [7, 11) is -2.98. The lowest BCUT2D eigenvalue weighted by Crippen LogP contribution is -2.41. The number of halogens is 8. The number of non-ortho nitro benzene ring substituents is 1. The van der Waals surface area contributed by atoms with Crippen molar-refractivity contribution in [1.29, 1.82) is 0 Å². The van der Waals surface area contributed by atoms with Crippen molar-refractivity contribution in [3.63, 3.8) is 0 Å². The predicted octanol–water partition coefficient (Wildman–Crippen LogP) is 6.78. The van der Waals surface area contributed by atoms with Gasteiger partial charge in [0.1, 0.15) is 11.6 Å². The van der Waals surface area contributed by atoms with Crippen molar-refractivity contribution in [2.24, 2.45) is 0 Å². The SMILES string of the molecule is Fc1c(F)c(F)c([B-](F)(F)F)c(F)c1F.O=C(C[S+](=O)(C#Cc1ccccc1)c1ccccc1)c1ccc([N+](=O)[O-])cc1. The molecule has 0 aliphatic carbocycles. The van der Waals surface area contributed by atoms with Gasteiger partial charge in [0.15, 0.2) is 33.4 Å². The number of ketones is 1. The number of benzene rings is 4. The predicted molar refractivity (Wildman–Crippen MR) is 143 cm³/mol. The molecule has 1 atom stereocenters. The molecule has 222 valence electrons. The van der Waals surface area contributed by atoms with Crippen LogP contribution in [0.2, 0.25) is 0 Å². The molecule has 0 aliphatic rings. The smallest absolute Gasteiger partial charge is 0.445 e. The molecule has 0 fully saturated rings. The number of hydrogen-bond acceptors (Lipinski definition) is 4. The van der Waals surface area contributed by atoms with Gasteiger partial charge in [0.2, 0.25) is 15.7 Å². The van der Waals surface area contributed by atoms with E-state index in [1.54, 1.807) is 42.5 Å². The Balaban J connectivity index is 0.000000285. The maximum atomic E-state index is 13.6. The molecule has 1 unspecified atom stereocenters. The monoisotopic (exact) mass is 625 g/mol. The average molecular weight is 625 g/mol. The number of carbonyl (C=O) groups is 1. The summed E-state index contributed by atoms with van der Waals surface area (Å²) >= 11 is 0. The van der Waals surface area contributed by atoms with E-state index in [2.05, 4.69) is 11.2 Å². The number of Topliss-reactive ketones (excluding diaryl/α,β-unsaturated/α-hetero) is 1. The van der Waals surface area contributed by atoms with Gasteiger partial charge >= 0.3 is 6.98 Å². The first-order chi connectivity index (χ1) is 20.2. The summed E-state index contributed by atoms with van der Waals surface area (Å²) in [6, 6.07) is 23.0. The van der Waals surface area contributed by atoms with Crippen LogP contribution in [0.25, 0.3) is 0 Å². The molecule has 43 heavy (non-hydrogen) atoms. The molecule has 4 aromatic carbocycles. The van der Waals surface area contributed by atoms with E-state index >= 15 is 0 Å². The summed E-state index contributed by atoms with van der Waals surface area (Å²) in [4.78, 5) is 23.4. The minimum Gasteiger partial charge on any atom is -0.445 e. The van der Waals surface area contributed by atoms with Crippen molar-refractivity contribution >= 4 is 33.8 Å². The van der Waals surface area contributed by atoms with Crippen LogP contribution in [0.5, 0.6) is 0 Å². The zero-order valence-corrected chi connectivity index (χ0v) is 22.2. The van der Waals surface area contributed by atoms with Gasteiger partial charge in [0.05, 0.1) is 4.92 Å². The van der Waals surface area contributed by atoms with Gasteiger partial charge in [-0.1, -0.05) is 40.6 Å². The standard InChI is InChI=1S/C22H16NO4S.C6BF8/c24-22(19-11-13-20(14-12-19)23(25)26)17-28(27,21-9-5-2-6-10-21)16-15-18-7-3-1-4-8-18;8-2-1(7(13,14)15)3(9)5(11)6(12)4(2)10/h1-14H,17H2;/q+1;-1. The lowest BCUT2D eigenvalue weighted by Gasteiger charge is -2.17. The Morgan fingerprint density at radius 3 is 1.67 bits per heavy atom. The van der Waals surface area contributed by atoms with Gasteiger partial charge in [-0.05, 0) is 47.8 Å². The van der Waals surface area contributed by atoms with Gasteiger partial charge in [-0.3, -0.25) is 14.9 Å². The zero-order valence-electron chi connectivity index (χ0n) is 21.4. The Morgan fingerprint density at radius 2 is 1.21 bits per heavy atom. The molecule has 0 spiro atoms. The minimum atomic E-state index is -6.30. The normalized spacial score (nSPS) is 12.2. The molecule has 0 N–H and O–H groups in total. The number of hydrogen-bond donors (Lipinski definition) is 0. The molecule has 0 amide bonds. The van der Waals surface area contributed by atoms with E-state index in [-0.39, 0.29) is 22.8 Å². The molecule has 0 saturated heterocycles. The Hall–Kier alpha value is -4.84. The zero-order chi connectivity index (χ0) is 31.9. The largest absolute Gasteiger partial charge is 0.515 e. The van der Waals surface area contributed by atoms with E-state index in [4.69, 9.17) is 0 Å². The quantitative estimate of drug-likeness (QED) is 0.0273. The number of rotatable bonds is 6. The van der Waals surface area contributed by atoms with Crippen LogP contribution < -0.4 is 5.46 Å². The van der Waals surface area contributed by atoms with Gasteiger partial charge in [-0.2, -0.15) is 0 Å². The van der Waals surface area contributed by atoms with Crippen molar-refractivity contribution in [1.82, 2.24) is 0 Å². The van der Waals surface area contributed by atoms with E-state index in [1.165, 1.54) is 24.3 Å². The molecule has 0 aliphatic heterocycles. The highest BCUT2D eigenvalue weighted by molar-refractivity contribution is 8.07. The fraction of sp³-hybridized carbons (Fsp3) is 0.0357. The van der Waals surface area contributed by atoms with Crippen LogP contribution in [-0.2, 0) is 14.1 Å². The topological polar surface area (TPSA) is 77.3 Å². The number of carbonyl (C=O) groups excluding carboxylic acids is 1. The Kier molecular flexibility index (Phi) is 10.2. The van der Waals surface area contributed by atoms with E-state index in [1.807, 2.05) is 18.2 Å². The van der Waals surface area contributed by atoms with Crippen LogP contribution in [0.1, 0.15) is 15.9 Å². The lowest BCUT2D eigenvalue weighted by atomic mass is 9.79. The third-order valence-electron chi connectivity index (χ3n) is 5.56. The van der Waals surface area contributed by atoms with Crippen molar-refractivity contribution in [2.45, 2.75) is 4.90 Å². The molecule has 0 radical (unpaired) electrons. The first-order valence-electron chi connectivity index (χ1n) is 11.8. The van der Waals surface area contributed by atoms with Gasteiger partial charge in [0, 0.05) is 23.3 Å². The van der Waals surface area contributed by atoms with Crippen molar-refractivity contribution in [3.8, 4) is 11.2 Å². The highest BCUT2D eigenvalue weighted by Crippen LogP contribution is 2.23. The van der Waals surface area contributed by atoms with Gasteiger partial charge in [-0.15, -0.1) is 0 Å². The third kappa shape index (κ3) is 7.92. The molecule has 0 bridgehead atoms. The summed E-state index contributed by atoms with van der Waals surface area (Å²) < 4.78 is 111. The van der Waals surface area contributed by atoms with Gasteiger partial charge in [-0.25, -0.2) is 22.0 Å². The second-order valence-corrected chi connectivity index (χ2v) is 10.8. The van der Waals surface area contributed by atoms with Crippen LogP contribution in [0, 0.1) is 50.4 Å². The van der Waals surface area contributed by atoms with Crippen LogP contribution in [0.15, 0.2) is 89.8 Å². The molecule has 4 rings (SSSR count). The number of nitro groups is 1. The van der Waals surface area contributed by atoms with Crippen LogP contribution in [-0.4, -0.2) is 23.4 Å². The molecular weight excluding hydrogens is 609 g/mol. The fourth-order valence-corrected chi connectivity index (χ4v) is 5.20. The second kappa shape index (κ2) is 13.4. The maximum absolute atomic E-state index is 13.6. The van der Waals surface area contributed by atoms with E-state index in [0.717, 1.165) is 0 Å². The van der Waals surface area contributed by atoms with E-state index < -0.39 is 56.4 Å². The van der Waals surface area contributed by atoms with Crippen LogP contribution in [0.3, 0.4) is 0 Å². The molecule has 5 nitrogen and oxygen atoms in total. The second-order valence-electron chi connectivity index (χ2n) is 8.51. The fourth-order valence-electron chi connectivity index (χ4n) is 3.43. The summed E-state index contributed by atoms with van der Waals surface area (Å²) in [5.74, 6) is -11.3. The maximum Gasteiger partial charge on any atom is 0.515 e. The highest BCUT2D eigenvalue weighted by Gasteiger charge is 2.38. The Morgan fingerprint density at radius 1 is 0.744 bits per heavy atom. The van der Waals surface area contributed by atoms with Crippen LogP contribution in [0.4, 0.5) is 40.6 Å². The van der Waals surface area contributed by atoms with E-state index in [9.17, 15) is 54.0 Å². The molecule has 0 heterocycles. The average Bonchev–Trinajstić information content (AvgIpc) is 2.99. The first-order valence-corrected chi connectivity index (χ1v) is 13.5. The molecule has 4 aromatic rings. The Labute approximate surface area is 239 Å². The molecule has 0 saturated carbocycles. The molecule has 15 heteroatoms. The third-order valence-corrected chi connectivity index (χ3v) is 7.70. The summed E-state index contributed by atoms with van der Waals surface area (Å²) in [5.41, 5.74) is -1.87. The van der Waals surface area contributed by atoms with Crippen molar-refractivity contribution in [3.05, 3.63) is 135 Å². The van der Waals surface area contributed by atoms with Crippen molar-refractivity contribution < 1.29 is 48.8 Å². The Bertz CT molecular complexity index is 1730. The minimum absolute atomic E-state index is 0.107. The van der Waals surface area contributed by atoms with Gasteiger partial charge in [0.25, 0.3) is 5.69 Å². The van der Waals surface area contributed by atoms with Gasteiger partial charge < -0.3 is 12.9 Å².